The zero-order valence-corrected chi connectivity index (χ0v) is 9.78. The van der Waals surface area contributed by atoms with Crippen molar-refractivity contribution in [3.63, 3.8) is 0 Å². The van der Waals surface area contributed by atoms with Crippen LogP contribution in [-0.2, 0) is 4.79 Å². The fourth-order valence-electron chi connectivity index (χ4n) is 2.04. The van der Waals surface area contributed by atoms with Gasteiger partial charge in [0.05, 0.1) is 0 Å². The number of hydrogen-bond donors (Lipinski definition) is 1. The van der Waals surface area contributed by atoms with Gasteiger partial charge in [0.1, 0.15) is 0 Å². The largest absolute Gasteiger partial charge is 0.396 e. The Kier molecular flexibility index (Phi) is 5.05. The van der Waals surface area contributed by atoms with Gasteiger partial charge in [-0.3, -0.25) is 4.79 Å². The van der Waals surface area contributed by atoms with Crippen LogP contribution in [0.15, 0.2) is 0 Å². The monoisotopic (exact) mass is 214 g/mol. The molecule has 1 heterocycles. The van der Waals surface area contributed by atoms with Crippen LogP contribution in [0.25, 0.3) is 0 Å². The van der Waals surface area contributed by atoms with Crippen molar-refractivity contribution in [3.8, 4) is 0 Å². The van der Waals surface area contributed by atoms with E-state index in [9.17, 15) is 4.79 Å². The molecule has 0 aliphatic carbocycles. The van der Waals surface area contributed by atoms with Gasteiger partial charge in [0.2, 0.25) is 5.91 Å². The van der Waals surface area contributed by atoms with Crippen LogP contribution in [-0.4, -0.2) is 60.1 Å². The fourth-order valence-corrected chi connectivity index (χ4v) is 2.04. The predicted molar refractivity (Wildman–Crippen MR) is 59.6 cm³/mol. The predicted octanol–water partition coefficient (Wildman–Crippen LogP) is 0.311. The van der Waals surface area contributed by atoms with E-state index in [-0.39, 0.29) is 12.5 Å². The van der Waals surface area contributed by atoms with E-state index >= 15 is 0 Å². The van der Waals surface area contributed by atoms with Crippen LogP contribution in [0.1, 0.15) is 26.2 Å². The summed E-state index contributed by atoms with van der Waals surface area (Å²) in [4.78, 5) is 16.0. The lowest BCUT2D eigenvalue weighted by Gasteiger charge is -2.38. The van der Waals surface area contributed by atoms with Crippen LogP contribution in [0.3, 0.4) is 0 Å². The molecule has 1 N–H and O–H groups in total. The summed E-state index contributed by atoms with van der Waals surface area (Å²) in [7, 11) is 2.09. The highest BCUT2D eigenvalue weighted by molar-refractivity contribution is 5.76. The van der Waals surface area contributed by atoms with Gasteiger partial charge in [0, 0.05) is 38.7 Å². The molecule has 88 valence electrons. The molecule has 4 heteroatoms. The third-order valence-electron chi connectivity index (χ3n) is 2.95. The van der Waals surface area contributed by atoms with Crippen molar-refractivity contribution in [1.82, 2.24) is 9.80 Å². The summed E-state index contributed by atoms with van der Waals surface area (Å²) in [5, 5.41) is 8.64. The molecule has 1 aliphatic rings. The number of unbranched alkanes of at least 4 members (excludes halogenated alkanes) is 1. The topological polar surface area (TPSA) is 43.8 Å². The molecule has 0 aromatic heterocycles. The summed E-state index contributed by atoms with van der Waals surface area (Å²) >= 11 is 0. The van der Waals surface area contributed by atoms with Gasteiger partial charge >= 0.3 is 0 Å². The van der Waals surface area contributed by atoms with Gasteiger partial charge in [-0.1, -0.05) is 0 Å². The summed E-state index contributed by atoms with van der Waals surface area (Å²) in [5.74, 6) is 0.240. The van der Waals surface area contributed by atoms with Gasteiger partial charge in [-0.15, -0.1) is 0 Å². The third-order valence-corrected chi connectivity index (χ3v) is 2.95. The first-order chi connectivity index (χ1) is 7.15. The number of nitrogens with zero attached hydrogens (tertiary/aromatic N) is 2. The molecule has 0 saturated carbocycles. The van der Waals surface area contributed by atoms with E-state index in [4.69, 9.17) is 5.11 Å². The minimum Gasteiger partial charge on any atom is -0.396 e. The second-order valence-electron chi connectivity index (χ2n) is 4.38. The Labute approximate surface area is 91.9 Å². The van der Waals surface area contributed by atoms with Crippen molar-refractivity contribution in [2.75, 3.05) is 33.3 Å². The molecule has 1 rings (SSSR count). The van der Waals surface area contributed by atoms with Crippen LogP contribution in [0, 0.1) is 0 Å². The second-order valence-corrected chi connectivity index (χ2v) is 4.38. The normalized spacial score (nSPS) is 23.1. The fraction of sp³-hybridized carbons (Fsp3) is 0.909. The number of carbonyl (C=O) groups excluding carboxylic acids is 1. The highest BCUT2D eigenvalue weighted by Crippen LogP contribution is 2.10. The zero-order chi connectivity index (χ0) is 11.3. The van der Waals surface area contributed by atoms with Crippen LogP contribution in [0.2, 0.25) is 0 Å². The van der Waals surface area contributed by atoms with Crippen molar-refractivity contribution in [1.29, 1.82) is 0 Å². The van der Waals surface area contributed by atoms with E-state index in [2.05, 4.69) is 18.9 Å². The highest BCUT2D eigenvalue weighted by atomic mass is 16.3. The Morgan fingerprint density at radius 1 is 1.40 bits per heavy atom. The zero-order valence-electron chi connectivity index (χ0n) is 9.78. The molecule has 0 aromatic rings. The van der Waals surface area contributed by atoms with Gasteiger partial charge in [-0.25, -0.2) is 0 Å². The molecule has 1 atom stereocenters. The van der Waals surface area contributed by atoms with Crippen LogP contribution in [0.4, 0.5) is 0 Å². The Balaban J connectivity index is 2.32. The maximum absolute atomic E-state index is 11.8. The number of aliphatic hydroxyl groups excluding tert-OH is 1. The van der Waals surface area contributed by atoms with Gasteiger partial charge in [0.25, 0.3) is 0 Å². The van der Waals surface area contributed by atoms with Crippen molar-refractivity contribution in [3.05, 3.63) is 0 Å². The van der Waals surface area contributed by atoms with E-state index in [0.29, 0.717) is 12.5 Å². The Bertz CT molecular complexity index is 209. The van der Waals surface area contributed by atoms with Gasteiger partial charge < -0.3 is 14.9 Å². The molecular weight excluding hydrogens is 192 g/mol. The third kappa shape index (κ3) is 3.80. The van der Waals surface area contributed by atoms with Crippen molar-refractivity contribution < 1.29 is 9.90 Å². The molecule has 1 aliphatic heterocycles. The molecule has 4 nitrogen and oxygen atoms in total. The molecule has 0 aromatic carbocycles. The van der Waals surface area contributed by atoms with E-state index in [1.807, 2.05) is 4.90 Å². The summed E-state index contributed by atoms with van der Waals surface area (Å²) < 4.78 is 0. The average molecular weight is 214 g/mol. The lowest BCUT2D eigenvalue weighted by molar-refractivity contribution is -0.135. The van der Waals surface area contributed by atoms with E-state index in [0.717, 1.165) is 32.5 Å². The number of amides is 1. The average Bonchev–Trinajstić information content (AvgIpc) is 2.17. The van der Waals surface area contributed by atoms with E-state index in [1.54, 1.807) is 0 Å². The van der Waals surface area contributed by atoms with Gasteiger partial charge in [-0.2, -0.15) is 0 Å². The van der Waals surface area contributed by atoms with Crippen LogP contribution < -0.4 is 0 Å². The summed E-state index contributed by atoms with van der Waals surface area (Å²) in [6.45, 7) is 5.06. The maximum Gasteiger partial charge on any atom is 0.222 e. The van der Waals surface area contributed by atoms with Crippen LogP contribution in [0.5, 0.6) is 0 Å². The van der Waals surface area contributed by atoms with Gasteiger partial charge in [-0.05, 0) is 26.8 Å². The molecule has 0 bridgehead atoms. The molecule has 15 heavy (non-hydrogen) atoms. The SMILES string of the molecule is CC1CN(C)CCN1C(=O)CCCCO. The smallest absolute Gasteiger partial charge is 0.222 e. The molecule has 0 radical (unpaired) electrons. The van der Waals surface area contributed by atoms with Crippen molar-refractivity contribution in [2.24, 2.45) is 0 Å². The first kappa shape index (κ1) is 12.5. The maximum atomic E-state index is 11.8. The molecule has 1 fully saturated rings. The minimum atomic E-state index is 0.186. The number of carbonyl (C=O) groups is 1. The van der Waals surface area contributed by atoms with Gasteiger partial charge in [0.15, 0.2) is 0 Å². The first-order valence-corrected chi connectivity index (χ1v) is 5.74. The number of hydrogen-bond acceptors (Lipinski definition) is 3. The first-order valence-electron chi connectivity index (χ1n) is 5.74. The second kappa shape index (κ2) is 6.08. The number of piperazine rings is 1. The molecule has 1 saturated heterocycles. The minimum absolute atomic E-state index is 0.186. The van der Waals surface area contributed by atoms with Crippen molar-refractivity contribution in [2.45, 2.75) is 32.2 Å². The van der Waals surface area contributed by atoms with E-state index < -0.39 is 0 Å². The number of likely N-dealkylation sites (N-methyl/N-ethyl adjacent to an activating group) is 1. The molecular formula is C11H22N2O2. The van der Waals surface area contributed by atoms with Crippen LogP contribution >= 0.6 is 0 Å². The van der Waals surface area contributed by atoms with E-state index in [1.165, 1.54) is 0 Å². The highest BCUT2D eigenvalue weighted by Gasteiger charge is 2.24. The molecule has 1 amide bonds. The molecule has 0 spiro atoms. The summed E-state index contributed by atoms with van der Waals surface area (Å²) in [5.41, 5.74) is 0. The summed E-state index contributed by atoms with van der Waals surface area (Å²) in [6.07, 6.45) is 2.11. The lowest BCUT2D eigenvalue weighted by Crippen LogP contribution is -2.52. The quantitative estimate of drug-likeness (QED) is 0.685. The summed E-state index contributed by atoms with van der Waals surface area (Å²) in [6, 6.07) is 0.324. The molecule has 1 unspecified atom stereocenters. The Hall–Kier alpha value is -0.610. The lowest BCUT2D eigenvalue weighted by atomic mass is 10.1. The number of aliphatic hydroxyl groups is 1. The Morgan fingerprint density at radius 3 is 2.73 bits per heavy atom. The standard InChI is InChI=1S/C11H22N2O2/c1-10-9-12(2)6-7-13(10)11(15)5-3-4-8-14/h10,14H,3-9H2,1-2H3. The Morgan fingerprint density at radius 2 is 2.13 bits per heavy atom. The number of rotatable bonds is 4. The van der Waals surface area contributed by atoms with Crippen molar-refractivity contribution >= 4 is 5.91 Å².